The molecule has 0 aliphatic rings. The van der Waals surface area contributed by atoms with Gasteiger partial charge >= 0.3 is 0 Å². The van der Waals surface area contributed by atoms with Crippen LogP contribution in [0.25, 0.3) is 0 Å². The number of nitrogens with one attached hydrogen (secondary N) is 2. The third kappa shape index (κ3) is 5.81. The highest BCUT2D eigenvalue weighted by atomic mass is 35.5. The molecule has 0 saturated carbocycles. The van der Waals surface area contributed by atoms with Crippen molar-refractivity contribution in [2.24, 2.45) is 11.7 Å². The van der Waals surface area contributed by atoms with Crippen molar-refractivity contribution in [3.05, 3.63) is 45.9 Å². The van der Waals surface area contributed by atoms with Crippen LogP contribution in [0.3, 0.4) is 0 Å². The van der Waals surface area contributed by atoms with Gasteiger partial charge in [-0.3, -0.25) is 9.59 Å². The summed E-state index contributed by atoms with van der Waals surface area (Å²) in [6, 6.07) is 6.97. The second-order valence-corrected chi connectivity index (χ2v) is 7.46. The van der Waals surface area contributed by atoms with Crippen LogP contribution < -0.4 is 16.4 Å². The lowest BCUT2D eigenvalue weighted by Crippen LogP contribution is -2.46. The Morgan fingerprint density at radius 2 is 2.04 bits per heavy atom. The normalized spacial score (nSPS) is 12.0. The van der Waals surface area contributed by atoms with Crippen LogP contribution in [0.5, 0.6) is 0 Å². The summed E-state index contributed by atoms with van der Waals surface area (Å²) in [4.78, 5) is 28.8. The van der Waals surface area contributed by atoms with Crippen molar-refractivity contribution in [1.82, 2.24) is 10.3 Å². The first-order valence-corrected chi connectivity index (χ1v) is 9.07. The minimum atomic E-state index is -0.630. The number of hydrogen-bond donors (Lipinski definition) is 3. The van der Waals surface area contributed by atoms with Crippen LogP contribution in [0, 0.1) is 5.92 Å². The van der Waals surface area contributed by atoms with Crippen molar-refractivity contribution in [2.75, 3.05) is 11.9 Å². The number of thiazole rings is 1. The highest BCUT2D eigenvalue weighted by molar-refractivity contribution is 7.15. The molecule has 1 aromatic heterocycles. The Morgan fingerprint density at radius 1 is 1.32 bits per heavy atom. The van der Waals surface area contributed by atoms with Crippen LogP contribution in [0.2, 0.25) is 5.02 Å². The lowest BCUT2D eigenvalue weighted by molar-refractivity contribution is -0.125. The molecule has 6 nitrogen and oxygen atoms in total. The van der Waals surface area contributed by atoms with Gasteiger partial charge in [0.2, 0.25) is 11.8 Å². The molecule has 1 atom stereocenters. The molecule has 0 radical (unpaired) electrons. The topological polar surface area (TPSA) is 97.1 Å². The fourth-order valence-corrected chi connectivity index (χ4v) is 3.08. The lowest BCUT2D eigenvalue weighted by Gasteiger charge is -2.14. The zero-order valence-electron chi connectivity index (χ0n) is 14.1. The van der Waals surface area contributed by atoms with Crippen LogP contribution in [0.4, 0.5) is 5.13 Å². The monoisotopic (exact) mass is 380 g/mol. The summed E-state index contributed by atoms with van der Waals surface area (Å²) in [5, 5.41) is 6.37. The predicted molar refractivity (Wildman–Crippen MR) is 101 cm³/mol. The first-order chi connectivity index (χ1) is 11.9. The van der Waals surface area contributed by atoms with Gasteiger partial charge in [-0.05, 0) is 17.5 Å². The van der Waals surface area contributed by atoms with Crippen LogP contribution >= 0.6 is 22.9 Å². The molecule has 0 spiro atoms. The summed E-state index contributed by atoms with van der Waals surface area (Å²) in [6.07, 6.45) is 2.35. The van der Waals surface area contributed by atoms with E-state index in [1.807, 2.05) is 38.1 Å². The van der Waals surface area contributed by atoms with E-state index >= 15 is 0 Å². The molecule has 134 valence electrons. The van der Waals surface area contributed by atoms with Crippen LogP contribution in [0.1, 0.15) is 24.3 Å². The van der Waals surface area contributed by atoms with Crippen LogP contribution in [-0.2, 0) is 16.0 Å². The molecular weight excluding hydrogens is 360 g/mol. The molecule has 0 unspecified atom stereocenters. The molecule has 1 heterocycles. The number of benzene rings is 1. The molecule has 2 aromatic rings. The molecule has 4 N–H and O–H groups in total. The van der Waals surface area contributed by atoms with Gasteiger partial charge in [-0.2, -0.15) is 0 Å². The number of hydrogen-bond acceptors (Lipinski definition) is 5. The van der Waals surface area contributed by atoms with Crippen molar-refractivity contribution in [3.8, 4) is 0 Å². The number of aromatic nitrogens is 1. The van der Waals surface area contributed by atoms with E-state index in [0.717, 1.165) is 10.4 Å². The zero-order valence-corrected chi connectivity index (χ0v) is 15.7. The van der Waals surface area contributed by atoms with E-state index in [1.165, 1.54) is 11.3 Å². The Kier molecular flexibility index (Phi) is 6.92. The fraction of sp³-hybridized carbons (Fsp3) is 0.353. The molecule has 0 bridgehead atoms. The van der Waals surface area contributed by atoms with E-state index in [-0.39, 0.29) is 24.3 Å². The van der Waals surface area contributed by atoms with Gasteiger partial charge in [-0.15, -0.1) is 11.3 Å². The average molecular weight is 381 g/mol. The molecule has 25 heavy (non-hydrogen) atoms. The van der Waals surface area contributed by atoms with Gasteiger partial charge in [-0.25, -0.2) is 4.98 Å². The Hall–Kier alpha value is -1.96. The van der Waals surface area contributed by atoms with Gasteiger partial charge < -0.3 is 16.4 Å². The van der Waals surface area contributed by atoms with Crippen molar-refractivity contribution < 1.29 is 9.59 Å². The Labute approximate surface area is 155 Å². The smallest absolute Gasteiger partial charge is 0.245 e. The maximum atomic E-state index is 11.9. The third-order valence-corrected chi connectivity index (χ3v) is 4.85. The summed E-state index contributed by atoms with van der Waals surface area (Å²) >= 11 is 7.52. The SMILES string of the molecule is CC(C)[C@H](N)C(=O)NCC(=O)Nc1ncc(Cc2ccccc2Cl)s1. The zero-order chi connectivity index (χ0) is 18.4. The number of rotatable bonds is 7. The molecule has 0 aliphatic heterocycles. The van der Waals surface area contributed by atoms with Crippen molar-refractivity contribution >= 4 is 39.9 Å². The minimum Gasteiger partial charge on any atom is -0.346 e. The number of halogens is 1. The maximum absolute atomic E-state index is 11.9. The maximum Gasteiger partial charge on any atom is 0.245 e. The quantitative estimate of drug-likeness (QED) is 0.687. The van der Waals surface area contributed by atoms with Crippen molar-refractivity contribution in [3.63, 3.8) is 0 Å². The van der Waals surface area contributed by atoms with Crippen LogP contribution in [-0.4, -0.2) is 29.4 Å². The summed E-state index contributed by atoms with van der Waals surface area (Å²) in [5.74, 6) is -0.680. The minimum absolute atomic E-state index is 0.00870. The molecular formula is C17H21ClN4O2S. The number of carbonyl (C=O) groups excluding carboxylic acids is 2. The third-order valence-electron chi connectivity index (χ3n) is 3.57. The fourth-order valence-electron chi connectivity index (χ4n) is 2.03. The molecule has 2 rings (SSSR count). The molecule has 0 saturated heterocycles. The lowest BCUT2D eigenvalue weighted by atomic mass is 10.1. The van der Waals surface area contributed by atoms with Crippen LogP contribution in [0.15, 0.2) is 30.5 Å². The number of nitrogens with two attached hydrogens (primary N) is 1. The second-order valence-electron chi connectivity index (χ2n) is 5.94. The number of anilines is 1. The van der Waals surface area contributed by atoms with Gasteiger partial charge in [0.25, 0.3) is 0 Å². The largest absolute Gasteiger partial charge is 0.346 e. The number of carbonyl (C=O) groups is 2. The first kappa shape index (κ1) is 19.4. The van der Waals surface area contributed by atoms with E-state index in [0.29, 0.717) is 16.6 Å². The summed E-state index contributed by atoms with van der Waals surface area (Å²) in [6.45, 7) is 3.56. The van der Waals surface area contributed by atoms with E-state index in [4.69, 9.17) is 17.3 Å². The van der Waals surface area contributed by atoms with E-state index in [2.05, 4.69) is 15.6 Å². The Balaban J connectivity index is 1.85. The van der Waals surface area contributed by atoms with Gasteiger partial charge in [0.15, 0.2) is 5.13 Å². The van der Waals surface area contributed by atoms with Gasteiger partial charge in [0.05, 0.1) is 12.6 Å². The van der Waals surface area contributed by atoms with Gasteiger partial charge in [-0.1, -0.05) is 43.6 Å². The predicted octanol–water partition coefficient (Wildman–Crippen LogP) is 2.43. The van der Waals surface area contributed by atoms with E-state index in [9.17, 15) is 9.59 Å². The van der Waals surface area contributed by atoms with Crippen molar-refractivity contribution in [1.29, 1.82) is 0 Å². The summed E-state index contributed by atoms with van der Waals surface area (Å²) in [7, 11) is 0. The van der Waals surface area contributed by atoms with Gasteiger partial charge in [0, 0.05) is 22.5 Å². The first-order valence-electron chi connectivity index (χ1n) is 7.88. The Morgan fingerprint density at radius 3 is 2.72 bits per heavy atom. The number of amides is 2. The molecule has 0 aliphatic carbocycles. The van der Waals surface area contributed by atoms with Crippen molar-refractivity contribution in [2.45, 2.75) is 26.3 Å². The molecule has 8 heteroatoms. The highest BCUT2D eigenvalue weighted by Crippen LogP contribution is 2.24. The van der Waals surface area contributed by atoms with E-state index < -0.39 is 6.04 Å². The standard InChI is InChI=1S/C17H21ClN4O2S/c1-10(2)15(19)16(24)20-9-14(23)22-17-21-8-12(25-17)7-11-5-3-4-6-13(11)18/h3-6,8,10,15H,7,9,19H2,1-2H3,(H,20,24)(H,21,22,23)/t15-/m0/s1. The Bertz CT molecular complexity index is 748. The average Bonchev–Trinajstić information content (AvgIpc) is 3.01. The highest BCUT2D eigenvalue weighted by Gasteiger charge is 2.18. The molecule has 1 aromatic carbocycles. The molecule has 0 fully saturated rings. The number of nitrogens with zero attached hydrogens (tertiary/aromatic N) is 1. The second kappa shape index (κ2) is 8.94. The summed E-state index contributed by atoms with van der Waals surface area (Å²) < 4.78 is 0. The molecule has 2 amide bonds. The van der Waals surface area contributed by atoms with Gasteiger partial charge in [0.1, 0.15) is 0 Å². The summed E-state index contributed by atoms with van der Waals surface area (Å²) in [5.41, 5.74) is 6.72. The van der Waals surface area contributed by atoms with E-state index in [1.54, 1.807) is 6.20 Å².